The molecule has 27 heavy (non-hydrogen) atoms. The fourth-order valence-corrected chi connectivity index (χ4v) is 4.47. The Bertz CT molecular complexity index is 1310. The van der Waals surface area contributed by atoms with Crippen molar-refractivity contribution in [1.82, 2.24) is 0 Å². The molecule has 5 aromatic rings. The van der Waals surface area contributed by atoms with Crippen molar-refractivity contribution >= 4 is 21.5 Å². The fourth-order valence-electron chi connectivity index (χ4n) is 4.47. The molecular weight excluding hydrogens is 324 g/mol. The number of rotatable bonds is 1. The highest BCUT2D eigenvalue weighted by Crippen LogP contribution is 2.50. The van der Waals surface area contributed by atoms with Gasteiger partial charge in [0.15, 0.2) is 0 Å². The molecule has 0 N–H and O–H groups in total. The topological polar surface area (TPSA) is 0 Å². The zero-order chi connectivity index (χ0) is 17.8. The van der Waals surface area contributed by atoms with Crippen LogP contribution in [0.1, 0.15) is 16.7 Å². The highest BCUT2D eigenvalue weighted by Gasteiger charge is 2.38. The molecule has 0 aliphatic heterocycles. The quantitative estimate of drug-likeness (QED) is 0.283. The predicted octanol–water partition coefficient (Wildman–Crippen LogP) is 6.99. The number of hydrogen-bond acceptors (Lipinski definition) is 0. The Morgan fingerprint density at radius 1 is 0.481 bits per heavy atom. The summed E-state index contributed by atoms with van der Waals surface area (Å²) >= 11 is 0. The molecular formula is C27H17+. The van der Waals surface area contributed by atoms with Gasteiger partial charge in [-0.1, -0.05) is 36.4 Å². The van der Waals surface area contributed by atoms with E-state index in [1.807, 2.05) is 0 Å². The summed E-state index contributed by atoms with van der Waals surface area (Å²) in [6, 6.07) is 37.4. The second-order valence-corrected chi connectivity index (χ2v) is 7.20. The summed E-state index contributed by atoms with van der Waals surface area (Å²) < 4.78 is 0. The van der Waals surface area contributed by atoms with Gasteiger partial charge in [-0.3, -0.25) is 0 Å². The lowest BCUT2D eigenvalue weighted by Crippen LogP contribution is -2.01. The van der Waals surface area contributed by atoms with Gasteiger partial charge in [-0.2, -0.15) is 0 Å². The van der Waals surface area contributed by atoms with Gasteiger partial charge in [-0.05, 0) is 72.1 Å². The van der Waals surface area contributed by atoms with E-state index in [9.17, 15) is 0 Å². The zero-order valence-corrected chi connectivity index (χ0v) is 14.8. The predicted molar refractivity (Wildman–Crippen MR) is 114 cm³/mol. The van der Waals surface area contributed by atoms with Crippen LogP contribution in [0.2, 0.25) is 0 Å². The van der Waals surface area contributed by atoms with E-state index in [-0.39, 0.29) is 0 Å². The second-order valence-electron chi connectivity index (χ2n) is 7.20. The van der Waals surface area contributed by atoms with E-state index in [1.165, 1.54) is 55.3 Å². The molecule has 1 aliphatic carbocycles. The van der Waals surface area contributed by atoms with Crippen LogP contribution in [0.15, 0.2) is 103 Å². The molecule has 0 unspecified atom stereocenters. The van der Waals surface area contributed by atoms with E-state index in [0.29, 0.717) is 0 Å². The molecule has 0 saturated carbocycles. The van der Waals surface area contributed by atoms with Crippen LogP contribution >= 0.6 is 0 Å². The van der Waals surface area contributed by atoms with Crippen LogP contribution in [0.4, 0.5) is 0 Å². The number of hydrogen-bond donors (Lipinski definition) is 0. The van der Waals surface area contributed by atoms with E-state index in [2.05, 4.69) is 103 Å². The minimum absolute atomic E-state index is 1.28. The SMILES string of the molecule is c1ccc([C+]2c3cc4ccccc4cc3-c3ccc4ccccc4c32)cc1. The van der Waals surface area contributed by atoms with E-state index in [0.717, 1.165) is 0 Å². The molecule has 0 aromatic heterocycles. The third-order valence-electron chi connectivity index (χ3n) is 5.69. The standard InChI is InChI=1S/C27H17/c1-2-9-19(10-3-1)26-25-17-21-12-5-4-11-20(21)16-24(25)23-15-14-18-8-6-7-13-22(18)27(23)26/h1-17H/q+1. The summed E-state index contributed by atoms with van der Waals surface area (Å²) in [7, 11) is 0. The number of benzene rings is 5. The van der Waals surface area contributed by atoms with Crippen molar-refractivity contribution in [1.29, 1.82) is 0 Å². The van der Waals surface area contributed by atoms with Crippen LogP contribution in [0.5, 0.6) is 0 Å². The molecule has 0 nitrogen and oxygen atoms in total. The summed E-state index contributed by atoms with van der Waals surface area (Å²) in [6.07, 6.45) is 0. The molecule has 0 amide bonds. The molecule has 0 heteroatoms. The fraction of sp³-hybridized carbons (Fsp3) is 0. The summed E-state index contributed by atoms with van der Waals surface area (Å²) in [4.78, 5) is 0. The van der Waals surface area contributed by atoms with Crippen LogP contribution in [0.3, 0.4) is 0 Å². The molecule has 124 valence electrons. The molecule has 0 saturated heterocycles. The van der Waals surface area contributed by atoms with Gasteiger partial charge in [0.2, 0.25) is 0 Å². The average Bonchev–Trinajstić information content (AvgIpc) is 3.06. The van der Waals surface area contributed by atoms with Crippen LogP contribution in [-0.2, 0) is 0 Å². The van der Waals surface area contributed by atoms with Crippen molar-refractivity contribution in [3.05, 3.63) is 126 Å². The molecule has 0 fully saturated rings. The molecule has 1 aliphatic rings. The Morgan fingerprint density at radius 2 is 1.15 bits per heavy atom. The van der Waals surface area contributed by atoms with E-state index >= 15 is 0 Å². The maximum Gasteiger partial charge on any atom is 0.0753 e. The maximum atomic E-state index is 2.36. The van der Waals surface area contributed by atoms with Gasteiger partial charge >= 0.3 is 0 Å². The van der Waals surface area contributed by atoms with E-state index in [1.54, 1.807) is 0 Å². The van der Waals surface area contributed by atoms with Crippen molar-refractivity contribution < 1.29 is 0 Å². The van der Waals surface area contributed by atoms with Crippen LogP contribution in [0.25, 0.3) is 32.7 Å². The summed E-state index contributed by atoms with van der Waals surface area (Å²) in [5.74, 6) is 1.35. The molecule has 0 bridgehead atoms. The van der Waals surface area contributed by atoms with Crippen LogP contribution < -0.4 is 0 Å². The van der Waals surface area contributed by atoms with E-state index in [4.69, 9.17) is 0 Å². The largest absolute Gasteiger partial charge is 0.0753 e. The first-order valence-corrected chi connectivity index (χ1v) is 9.38. The lowest BCUT2D eigenvalue weighted by atomic mass is 9.86. The Labute approximate surface area is 158 Å². The van der Waals surface area contributed by atoms with Gasteiger partial charge in [-0.25, -0.2) is 0 Å². The molecule has 5 aromatic carbocycles. The molecule has 0 spiro atoms. The Hall–Kier alpha value is -3.51. The lowest BCUT2D eigenvalue weighted by Gasteiger charge is -2.11. The summed E-state index contributed by atoms with van der Waals surface area (Å²) in [5, 5.41) is 5.21. The normalized spacial score (nSPS) is 12.4. The van der Waals surface area contributed by atoms with Crippen molar-refractivity contribution in [3.63, 3.8) is 0 Å². The summed E-state index contributed by atoms with van der Waals surface area (Å²) in [5.41, 5.74) is 6.67. The molecule has 6 rings (SSSR count). The first-order chi connectivity index (χ1) is 13.4. The molecule has 0 heterocycles. The summed E-state index contributed by atoms with van der Waals surface area (Å²) in [6.45, 7) is 0. The molecule has 0 atom stereocenters. The van der Waals surface area contributed by atoms with Crippen molar-refractivity contribution in [2.24, 2.45) is 0 Å². The Balaban J connectivity index is 1.76. The zero-order valence-electron chi connectivity index (χ0n) is 14.8. The first kappa shape index (κ1) is 14.6. The monoisotopic (exact) mass is 341 g/mol. The smallest absolute Gasteiger partial charge is 0.0616 e. The lowest BCUT2D eigenvalue weighted by molar-refractivity contribution is 1.30. The van der Waals surface area contributed by atoms with Gasteiger partial charge in [0, 0.05) is 16.2 Å². The minimum Gasteiger partial charge on any atom is -0.0616 e. The minimum atomic E-state index is 1.28. The van der Waals surface area contributed by atoms with E-state index < -0.39 is 0 Å². The van der Waals surface area contributed by atoms with Gasteiger partial charge in [0.05, 0.1) is 33.7 Å². The van der Waals surface area contributed by atoms with Crippen molar-refractivity contribution in [3.8, 4) is 11.1 Å². The number of fused-ring (bicyclic) bond motifs is 6. The molecule has 0 radical (unpaired) electrons. The van der Waals surface area contributed by atoms with Gasteiger partial charge in [0.25, 0.3) is 0 Å². The highest BCUT2D eigenvalue weighted by atomic mass is 14.3. The van der Waals surface area contributed by atoms with Crippen molar-refractivity contribution in [2.45, 2.75) is 0 Å². The first-order valence-electron chi connectivity index (χ1n) is 9.38. The van der Waals surface area contributed by atoms with Crippen LogP contribution in [0, 0.1) is 5.92 Å². The van der Waals surface area contributed by atoms with Gasteiger partial charge < -0.3 is 0 Å². The van der Waals surface area contributed by atoms with Crippen LogP contribution in [-0.4, -0.2) is 0 Å². The van der Waals surface area contributed by atoms with Crippen molar-refractivity contribution in [2.75, 3.05) is 0 Å². The Morgan fingerprint density at radius 3 is 1.96 bits per heavy atom. The van der Waals surface area contributed by atoms with Gasteiger partial charge in [-0.15, -0.1) is 0 Å². The van der Waals surface area contributed by atoms with Gasteiger partial charge in [0.1, 0.15) is 0 Å². The third kappa shape index (κ3) is 2.07. The third-order valence-corrected chi connectivity index (χ3v) is 5.69. The maximum absolute atomic E-state index is 2.36. The highest BCUT2D eigenvalue weighted by molar-refractivity contribution is 6.04. The second kappa shape index (κ2) is 5.49. The average molecular weight is 341 g/mol. The Kier molecular flexibility index (Phi) is 2.98.